The first kappa shape index (κ1) is 20.8. The molecule has 0 radical (unpaired) electrons. The van der Waals surface area contributed by atoms with Gasteiger partial charge in [-0.3, -0.25) is 0 Å². The number of halogens is 1. The van der Waals surface area contributed by atoms with Gasteiger partial charge in [0.05, 0.1) is 0 Å². The Hall–Kier alpha value is -0.950. The summed E-state index contributed by atoms with van der Waals surface area (Å²) in [6.07, 6.45) is 6.64. The fraction of sp³-hybridized carbons (Fsp3) is 0.545. The normalized spacial score (nSPS) is 16.4. The number of H-pyrrole nitrogens is 1. The molecule has 1 N–H and O–H groups in total. The molecule has 0 amide bonds. The zero-order valence-corrected chi connectivity index (χ0v) is 19.5. The van der Waals surface area contributed by atoms with E-state index in [-0.39, 0.29) is 26.8 Å². The van der Waals surface area contributed by atoms with Crippen LogP contribution in [0.2, 0.25) is 0 Å². The SMILES string of the molecule is CC(=NCC1CCCCC1)c1c([I-]Cc2ccc(C(C)C)cc2)s[nH]c1=O. The Kier molecular flexibility index (Phi) is 7.70. The first-order chi connectivity index (χ1) is 13.0. The Morgan fingerprint density at radius 2 is 1.93 bits per heavy atom. The van der Waals surface area contributed by atoms with Crippen LogP contribution in [0.3, 0.4) is 0 Å². The van der Waals surface area contributed by atoms with Gasteiger partial charge < -0.3 is 0 Å². The Balaban J connectivity index is 1.65. The summed E-state index contributed by atoms with van der Waals surface area (Å²) in [5, 5.41) is 0. The fourth-order valence-corrected chi connectivity index (χ4v) is 7.68. The standard InChI is InChI=1S/C22H30IN2OS/c1-15(2)19-11-9-17(10-12-19)13-23-21-20(22(26)25-27-21)16(3)24-14-18-7-5-4-6-8-18/h9-12,15,18H,4-8,13-14H2,1-3H3,(H,25,26)/q-1. The zero-order chi connectivity index (χ0) is 19.2. The zero-order valence-electron chi connectivity index (χ0n) is 16.6. The third-order valence-corrected chi connectivity index (χ3v) is 9.88. The predicted octanol–water partition coefficient (Wildman–Crippen LogP) is 2.41. The predicted molar refractivity (Wildman–Crippen MR) is 112 cm³/mol. The molecule has 3 nitrogen and oxygen atoms in total. The van der Waals surface area contributed by atoms with Crippen LogP contribution in [-0.4, -0.2) is 16.6 Å². The fourth-order valence-electron chi connectivity index (χ4n) is 3.53. The number of aromatic amines is 1. The monoisotopic (exact) mass is 497 g/mol. The summed E-state index contributed by atoms with van der Waals surface area (Å²) in [6, 6.07) is 8.96. The second-order valence-corrected chi connectivity index (χ2v) is 11.9. The van der Waals surface area contributed by atoms with Crippen molar-refractivity contribution in [3.8, 4) is 0 Å². The van der Waals surface area contributed by atoms with Crippen LogP contribution in [0.1, 0.15) is 75.5 Å². The van der Waals surface area contributed by atoms with Crippen LogP contribution in [0, 0.1) is 8.80 Å². The summed E-state index contributed by atoms with van der Waals surface area (Å²) in [4.78, 5) is 17.2. The molecule has 1 heterocycles. The van der Waals surface area contributed by atoms with Crippen LogP contribution in [0.25, 0.3) is 0 Å². The molecular weight excluding hydrogens is 467 g/mol. The quantitative estimate of drug-likeness (QED) is 0.357. The maximum atomic E-state index is 12.4. The molecule has 0 bridgehead atoms. The van der Waals surface area contributed by atoms with E-state index in [1.165, 1.54) is 57.6 Å². The van der Waals surface area contributed by atoms with Crippen molar-refractivity contribution >= 4 is 17.2 Å². The molecular formula is C22H30IN2OS-. The van der Waals surface area contributed by atoms with Gasteiger partial charge in [0.15, 0.2) is 0 Å². The molecule has 1 aliphatic carbocycles. The number of aromatic nitrogens is 1. The molecule has 0 saturated heterocycles. The molecule has 1 aromatic carbocycles. The molecule has 1 aromatic heterocycles. The van der Waals surface area contributed by atoms with Gasteiger partial charge in [0.1, 0.15) is 0 Å². The van der Waals surface area contributed by atoms with Crippen molar-refractivity contribution in [2.45, 2.75) is 63.2 Å². The first-order valence-electron chi connectivity index (χ1n) is 9.95. The van der Waals surface area contributed by atoms with Gasteiger partial charge in [-0.05, 0) is 0 Å². The van der Waals surface area contributed by atoms with E-state index in [0.717, 1.165) is 22.2 Å². The Bertz CT molecular complexity index is 814. The minimum atomic E-state index is -0.232. The van der Waals surface area contributed by atoms with Crippen molar-refractivity contribution in [1.29, 1.82) is 0 Å². The summed E-state index contributed by atoms with van der Waals surface area (Å²) in [7, 11) is 0. The van der Waals surface area contributed by atoms with E-state index < -0.39 is 0 Å². The summed E-state index contributed by atoms with van der Waals surface area (Å²) in [6.45, 7) is 7.35. The molecule has 1 saturated carbocycles. The molecule has 0 atom stereocenters. The summed E-state index contributed by atoms with van der Waals surface area (Å²) in [5.41, 5.74) is 4.61. The van der Waals surface area contributed by atoms with Crippen molar-refractivity contribution in [2.24, 2.45) is 10.9 Å². The van der Waals surface area contributed by atoms with Gasteiger partial charge in [-0.15, -0.1) is 0 Å². The molecule has 27 heavy (non-hydrogen) atoms. The van der Waals surface area contributed by atoms with Crippen molar-refractivity contribution < 1.29 is 21.2 Å². The van der Waals surface area contributed by atoms with E-state index in [1.54, 1.807) is 0 Å². The molecule has 0 aliphatic heterocycles. The average Bonchev–Trinajstić information content (AvgIpc) is 3.06. The molecule has 3 rings (SSSR count). The Morgan fingerprint density at radius 1 is 1.22 bits per heavy atom. The van der Waals surface area contributed by atoms with Gasteiger partial charge >= 0.3 is 178 Å². The number of alkyl halides is 1. The van der Waals surface area contributed by atoms with Gasteiger partial charge in [-0.25, -0.2) is 0 Å². The molecule has 0 unspecified atom stereocenters. The van der Waals surface area contributed by atoms with Crippen LogP contribution in [0.4, 0.5) is 0 Å². The molecule has 1 fully saturated rings. The van der Waals surface area contributed by atoms with Crippen molar-refractivity contribution in [3.63, 3.8) is 0 Å². The Morgan fingerprint density at radius 3 is 2.59 bits per heavy atom. The van der Waals surface area contributed by atoms with Crippen molar-refractivity contribution in [1.82, 2.24) is 4.37 Å². The number of rotatable bonds is 7. The minimum absolute atomic E-state index is 0.0507. The molecule has 2 aromatic rings. The third-order valence-electron chi connectivity index (χ3n) is 5.32. The molecule has 148 valence electrons. The second-order valence-electron chi connectivity index (χ2n) is 7.78. The van der Waals surface area contributed by atoms with Crippen molar-refractivity contribution in [3.05, 3.63) is 54.2 Å². The number of aliphatic imine (C=N–C) groups is 1. The number of nitrogens with zero attached hydrogens (tertiary/aromatic N) is 1. The van der Waals surface area contributed by atoms with E-state index in [0.29, 0.717) is 11.8 Å². The third kappa shape index (κ3) is 5.76. The van der Waals surface area contributed by atoms with Crippen LogP contribution < -0.4 is 26.8 Å². The van der Waals surface area contributed by atoms with Gasteiger partial charge in [0.25, 0.3) is 0 Å². The maximum absolute atomic E-state index is 12.4. The van der Waals surface area contributed by atoms with Gasteiger partial charge in [-0.1, -0.05) is 0 Å². The van der Waals surface area contributed by atoms with Gasteiger partial charge in [0, 0.05) is 0 Å². The van der Waals surface area contributed by atoms with E-state index in [4.69, 9.17) is 4.99 Å². The molecule has 1 aliphatic rings. The van der Waals surface area contributed by atoms with Crippen molar-refractivity contribution in [2.75, 3.05) is 6.54 Å². The van der Waals surface area contributed by atoms with E-state index in [1.807, 2.05) is 6.92 Å². The first-order valence-corrected chi connectivity index (χ1v) is 13.4. The van der Waals surface area contributed by atoms with Crippen LogP contribution >= 0.6 is 11.5 Å². The van der Waals surface area contributed by atoms with E-state index in [9.17, 15) is 4.79 Å². The van der Waals surface area contributed by atoms with E-state index >= 15 is 0 Å². The average molecular weight is 497 g/mol. The molecule has 5 heteroatoms. The molecule has 0 spiro atoms. The number of benzene rings is 1. The summed E-state index contributed by atoms with van der Waals surface area (Å²) in [5.74, 6) is 1.28. The number of nitrogens with one attached hydrogen (secondary N) is 1. The van der Waals surface area contributed by atoms with Gasteiger partial charge in [-0.2, -0.15) is 0 Å². The summed E-state index contributed by atoms with van der Waals surface area (Å²) < 4.78 is 5.26. The number of hydrogen-bond donors (Lipinski definition) is 1. The number of hydrogen-bond acceptors (Lipinski definition) is 3. The van der Waals surface area contributed by atoms with Crippen LogP contribution in [0.15, 0.2) is 34.1 Å². The van der Waals surface area contributed by atoms with Gasteiger partial charge in [0.2, 0.25) is 0 Å². The summed E-state index contributed by atoms with van der Waals surface area (Å²) >= 11 is 1.29. The van der Waals surface area contributed by atoms with Crippen LogP contribution in [0.5, 0.6) is 0 Å². The Labute approximate surface area is 177 Å². The second kappa shape index (κ2) is 10.0. The van der Waals surface area contributed by atoms with Crippen LogP contribution in [-0.2, 0) is 4.43 Å². The topological polar surface area (TPSA) is 45.2 Å². The van der Waals surface area contributed by atoms with E-state index in [2.05, 4.69) is 42.5 Å².